The third-order valence-electron chi connectivity index (χ3n) is 4.34. The Morgan fingerprint density at radius 1 is 1.00 bits per heavy atom. The molecule has 0 spiro atoms. The maximum Gasteiger partial charge on any atom is 0.123 e. The third kappa shape index (κ3) is 5.58. The van der Waals surface area contributed by atoms with Crippen LogP contribution in [0.1, 0.15) is 17.7 Å². The van der Waals surface area contributed by atoms with Crippen LogP contribution in [0.15, 0.2) is 41.8 Å². The lowest BCUT2D eigenvalue weighted by atomic mass is 10.3. The van der Waals surface area contributed by atoms with Gasteiger partial charge in [0.05, 0.1) is 6.61 Å². The minimum Gasteiger partial charge on any atom is -0.494 e. The smallest absolute Gasteiger partial charge is 0.123 e. The first-order valence-corrected chi connectivity index (χ1v) is 9.53. The van der Waals surface area contributed by atoms with E-state index in [1.54, 1.807) is 12.1 Å². The second-order valence-electron chi connectivity index (χ2n) is 6.21. The summed E-state index contributed by atoms with van der Waals surface area (Å²) < 4.78 is 18.5. The van der Waals surface area contributed by atoms with Crippen LogP contribution in [0.2, 0.25) is 0 Å². The molecule has 0 amide bonds. The van der Waals surface area contributed by atoms with Crippen LogP contribution in [0.25, 0.3) is 0 Å². The molecule has 1 aromatic heterocycles. The van der Waals surface area contributed by atoms with Crippen LogP contribution in [-0.2, 0) is 6.54 Å². The van der Waals surface area contributed by atoms with E-state index in [1.165, 1.54) is 30.0 Å². The molecule has 1 aromatic carbocycles. The Morgan fingerprint density at radius 2 is 1.79 bits per heavy atom. The summed E-state index contributed by atoms with van der Waals surface area (Å²) in [5.74, 6) is 0.522. The Kier molecular flexibility index (Phi) is 6.64. The molecule has 2 heterocycles. The topological polar surface area (TPSA) is 15.7 Å². The second-order valence-corrected chi connectivity index (χ2v) is 7.24. The molecule has 0 saturated carbocycles. The van der Waals surface area contributed by atoms with Crippen molar-refractivity contribution in [1.29, 1.82) is 0 Å². The lowest BCUT2D eigenvalue weighted by Gasteiger charge is -2.21. The van der Waals surface area contributed by atoms with Gasteiger partial charge in [0.1, 0.15) is 11.6 Å². The minimum absolute atomic E-state index is 0.223. The summed E-state index contributed by atoms with van der Waals surface area (Å²) in [4.78, 5) is 6.54. The molecule has 1 aliphatic rings. The summed E-state index contributed by atoms with van der Waals surface area (Å²) in [5, 5.41) is 2.15. The number of hydrogen-bond acceptors (Lipinski definition) is 4. The van der Waals surface area contributed by atoms with Gasteiger partial charge in [-0.05, 0) is 61.6 Å². The summed E-state index contributed by atoms with van der Waals surface area (Å²) in [5.41, 5.74) is 0. The molecule has 1 saturated heterocycles. The predicted molar refractivity (Wildman–Crippen MR) is 97.2 cm³/mol. The van der Waals surface area contributed by atoms with Gasteiger partial charge < -0.3 is 9.64 Å². The van der Waals surface area contributed by atoms with Crippen molar-refractivity contribution >= 4 is 11.3 Å². The van der Waals surface area contributed by atoms with E-state index in [-0.39, 0.29) is 5.82 Å². The zero-order valence-electron chi connectivity index (χ0n) is 14.0. The summed E-state index contributed by atoms with van der Waals surface area (Å²) in [7, 11) is 0. The number of nitrogens with zero attached hydrogens (tertiary/aromatic N) is 2. The summed E-state index contributed by atoms with van der Waals surface area (Å²) in [6.45, 7) is 7.44. The van der Waals surface area contributed by atoms with Crippen molar-refractivity contribution in [2.45, 2.75) is 19.4 Å². The Bertz CT molecular complexity index is 588. The molecule has 24 heavy (non-hydrogen) atoms. The standard InChI is InChI=1S/C19H25FN2OS/c20-17-5-7-18(8-6-17)23-14-3-11-21-9-2-10-22(13-12-21)16-19-4-1-15-24-19/h1,4-8,15H,2-3,9-14,16H2. The molecule has 0 bridgehead atoms. The third-order valence-corrected chi connectivity index (χ3v) is 5.20. The Balaban J connectivity index is 1.33. The van der Waals surface area contributed by atoms with Gasteiger partial charge in [0.15, 0.2) is 0 Å². The van der Waals surface area contributed by atoms with Gasteiger partial charge >= 0.3 is 0 Å². The van der Waals surface area contributed by atoms with E-state index in [0.717, 1.165) is 44.9 Å². The highest BCUT2D eigenvalue weighted by Gasteiger charge is 2.15. The molecule has 3 nitrogen and oxygen atoms in total. The van der Waals surface area contributed by atoms with Gasteiger partial charge in [0.25, 0.3) is 0 Å². The van der Waals surface area contributed by atoms with Crippen LogP contribution < -0.4 is 4.74 Å². The molecule has 3 rings (SSSR count). The van der Waals surface area contributed by atoms with Crippen molar-refractivity contribution in [3.05, 3.63) is 52.5 Å². The van der Waals surface area contributed by atoms with Crippen LogP contribution in [0, 0.1) is 5.82 Å². The summed E-state index contributed by atoms with van der Waals surface area (Å²) in [6.07, 6.45) is 2.23. The van der Waals surface area contributed by atoms with Gasteiger partial charge in [0, 0.05) is 31.1 Å². The van der Waals surface area contributed by atoms with Crippen LogP contribution in [0.4, 0.5) is 4.39 Å². The largest absolute Gasteiger partial charge is 0.494 e. The van der Waals surface area contributed by atoms with Crippen molar-refractivity contribution in [1.82, 2.24) is 9.80 Å². The monoisotopic (exact) mass is 348 g/mol. The van der Waals surface area contributed by atoms with Crippen LogP contribution in [0.3, 0.4) is 0 Å². The van der Waals surface area contributed by atoms with Gasteiger partial charge in [-0.1, -0.05) is 6.07 Å². The van der Waals surface area contributed by atoms with E-state index < -0.39 is 0 Å². The van der Waals surface area contributed by atoms with Gasteiger partial charge in [-0.15, -0.1) is 11.3 Å². The molecular formula is C19H25FN2OS. The molecule has 1 fully saturated rings. The first kappa shape index (κ1) is 17.4. The number of ether oxygens (including phenoxy) is 1. The highest BCUT2D eigenvalue weighted by molar-refractivity contribution is 7.09. The fourth-order valence-corrected chi connectivity index (χ4v) is 3.78. The van der Waals surface area contributed by atoms with Gasteiger partial charge in [0.2, 0.25) is 0 Å². The number of rotatable bonds is 7. The SMILES string of the molecule is Fc1ccc(OCCCN2CCCN(Cc3cccs3)CC2)cc1. The molecule has 0 atom stereocenters. The van der Waals surface area contributed by atoms with Crippen molar-refractivity contribution < 1.29 is 9.13 Å². The van der Waals surface area contributed by atoms with Crippen molar-refractivity contribution in [3.8, 4) is 5.75 Å². The normalized spacial score (nSPS) is 16.9. The maximum absolute atomic E-state index is 12.8. The number of halogens is 1. The highest BCUT2D eigenvalue weighted by atomic mass is 32.1. The van der Waals surface area contributed by atoms with Crippen LogP contribution in [0.5, 0.6) is 5.75 Å². The fourth-order valence-electron chi connectivity index (χ4n) is 3.04. The Hall–Kier alpha value is -1.43. The molecule has 0 unspecified atom stereocenters. The lowest BCUT2D eigenvalue weighted by molar-refractivity contribution is 0.229. The molecule has 5 heteroatoms. The van der Waals surface area contributed by atoms with Gasteiger partial charge in [-0.2, -0.15) is 0 Å². The van der Waals surface area contributed by atoms with E-state index in [0.29, 0.717) is 6.61 Å². The highest BCUT2D eigenvalue weighted by Crippen LogP contribution is 2.14. The van der Waals surface area contributed by atoms with Crippen molar-refractivity contribution in [2.24, 2.45) is 0 Å². The first-order chi connectivity index (χ1) is 11.8. The molecule has 0 N–H and O–H groups in total. The maximum atomic E-state index is 12.8. The van der Waals surface area contributed by atoms with E-state index in [2.05, 4.69) is 27.3 Å². The quantitative estimate of drug-likeness (QED) is 0.707. The number of thiophene rings is 1. The molecular weight excluding hydrogens is 323 g/mol. The van der Waals surface area contributed by atoms with E-state index in [1.807, 2.05) is 11.3 Å². The average molecular weight is 348 g/mol. The molecule has 0 aliphatic carbocycles. The Morgan fingerprint density at radius 3 is 2.58 bits per heavy atom. The molecule has 2 aromatic rings. The average Bonchev–Trinajstić information content (AvgIpc) is 3.00. The number of hydrogen-bond donors (Lipinski definition) is 0. The predicted octanol–water partition coefficient (Wildman–Crippen LogP) is 3.86. The summed E-state index contributed by atoms with van der Waals surface area (Å²) >= 11 is 1.84. The molecule has 1 aliphatic heterocycles. The molecule has 0 radical (unpaired) electrons. The lowest BCUT2D eigenvalue weighted by Crippen LogP contribution is -2.31. The van der Waals surface area contributed by atoms with Gasteiger partial charge in [-0.3, -0.25) is 4.90 Å². The van der Waals surface area contributed by atoms with Crippen LogP contribution >= 0.6 is 11.3 Å². The van der Waals surface area contributed by atoms with Crippen molar-refractivity contribution in [2.75, 3.05) is 39.3 Å². The van der Waals surface area contributed by atoms with E-state index in [4.69, 9.17) is 4.74 Å². The van der Waals surface area contributed by atoms with E-state index >= 15 is 0 Å². The first-order valence-electron chi connectivity index (χ1n) is 8.65. The number of benzene rings is 1. The fraction of sp³-hybridized carbons (Fsp3) is 0.474. The molecule has 130 valence electrons. The van der Waals surface area contributed by atoms with E-state index in [9.17, 15) is 4.39 Å². The minimum atomic E-state index is -0.223. The zero-order valence-corrected chi connectivity index (χ0v) is 14.8. The zero-order chi connectivity index (χ0) is 16.6. The van der Waals surface area contributed by atoms with Gasteiger partial charge in [-0.25, -0.2) is 4.39 Å². The summed E-state index contributed by atoms with van der Waals surface area (Å²) in [6, 6.07) is 10.6. The second kappa shape index (κ2) is 9.16. The van der Waals surface area contributed by atoms with Crippen molar-refractivity contribution in [3.63, 3.8) is 0 Å². The Labute approximate surface area is 147 Å². The van der Waals surface area contributed by atoms with Crippen LogP contribution in [-0.4, -0.2) is 49.1 Å².